The van der Waals surface area contributed by atoms with Crippen molar-refractivity contribution in [1.29, 1.82) is 0 Å². The maximum Gasteiger partial charge on any atom is 0.189 e. The molecular formula is C53H56O9. The van der Waals surface area contributed by atoms with E-state index in [1.54, 1.807) is 0 Å². The highest BCUT2D eigenvalue weighted by molar-refractivity contribution is 5.18. The van der Waals surface area contributed by atoms with Gasteiger partial charge < -0.3 is 42.6 Å². The molecule has 9 heteroatoms. The molecule has 9 atom stereocenters. The average molecular weight is 837 g/mol. The second kappa shape index (κ2) is 22.9. The van der Waals surface area contributed by atoms with Crippen molar-refractivity contribution in [3.63, 3.8) is 0 Å². The molecule has 2 fully saturated rings. The monoisotopic (exact) mass is 836 g/mol. The van der Waals surface area contributed by atoms with Gasteiger partial charge in [0.25, 0.3) is 0 Å². The molecule has 0 spiro atoms. The highest BCUT2D eigenvalue weighted by atomic mass is 16.8. The number of rotatable bonds is 20. The van der Waals surface area contributed by atoms with Gasteiger partial charge in [0.05, 0.1) is 52.4 Å². The summed E-state index contributed by atoms with van der Waals surface area (Å²) in [5.74, 6) is 0. The van der Waals surface area contributed by atoms with Crippen molar-refractivity contribution >= 4 is 0 Å². The smallest absolute Gasteiger partial charge is 0.189 e. The van der Waals surface area contributed by atoms with Crippen LogP contribution in [0.3, 0.4) is 0 Å². The molecule has 62 heavy (non-hydrogen) atoms. The van der Waals surface area contributed by atoms with E-state index in [0.29, 0.717) is 33.0 Å². The van der Waals surface area contributed by atoms with Gasteiger partial charge in [-0.1, -0.05) is 182 Å². The van der Waals surface area contributed by atoms with Crippen molar-refractivity contribution in [3.8, 4) is 0 Å². The molecular weight excluding hydrogens is 781 g/mol. The predicted octanol–water partition coefficient (Wildman–Crippen LogP) is 9.62. The molecule has 2 aliphatic rings. The zero-order valence-corrected chi connectivity index (χ0v) is 35.1. The van der Waals surface area contributed by atoms with E-state index in [0.717, 1.165) is 33.4 Å². The SMILES string of the molecule is C[C@@H]1O[C@@H](O[C@@H]2OC[C@@H](OCc3ccccc3)[C@H](OCc3ccccc3)[C@H]2OCc2ccccc2)[C@H](OCc2ccccc2)[C@H](OCc2ccccc2)[C@H]1OCc1ccccc1. The van der Waals surface area contributed by atoms with Crippen LogP contribution in [0.25, 0.3) is 0 Å². The first-order valence-electron chi connectivity index (χ1n) is 21.5. The third-order valence-electron chi connectivity index (χ3n) is 11.1. The fourth-order valence-corrected chi connectivity index (χ4v) is 7.80. The normalized spacial score (nSPS) is 25.0. The van der Waals surface area contributed by atoms with E-state index >= 15 is 0 Å². The summed E-state index contributed by atoms with van der Waals surface area (Å²) in [6.45, 7) is 4.17. The Bertz CT molecular complexity index is 2130. The van der Waals surface area contributed by atoms with Crippen molar-refractivity contribution in [3.05, 3.63) is 215 Å². The van der Waals surface area contributed by atoms with Crippen molar-refractivity contribution in [2.75, 3.05) is 6.61 Å². The highest BCUT2D eigenvalue weighted by Gasteiger charge is 2.51. The highest BCUT2D eigenvalue weighted by Crippen LogP contribution is 2.35. The van der Waals surface area contributed by atoms with Crippen molar-refractivity contribution in [2.24, 2.45) is 0 Å². The van der Waals surface area contributed by atoms with E-state index in [4.69, 9.17) is 42.6 Å². The van der Waals surface area contributed by atoms with Crippen LogP contribution in [0.15, 0.2) is 182 Å². The zero-order valence-electron chi connectivity index (χ0n) is 35.1. The minimum absolute atomic E-state index is 0.191. The van der Waals surface area contributed by atoms with Crippen LogP contribution in [0, 0.1) is 0 Å². The molecule has 0 amide bonds. The van der Waals surface area contributed by atoms with Crippen molar-refractivity contribution in [1.82, 2.24) is 0 Å². The molecule has 0 radical (unpaired) electrons. The Hall–Kier alpha value is -5.04. The molecule has 0 aromatic heterocycles. The lowest BCUT2D eigenvalue weighted by Gasteiger charge is -2.48. The van der Waals surface area contributed by atoms with Gasteiger partial charge in [-0.05, 0) is 40.3 Å². The third-order valence-corrected chi connectivity index (χ3v) is 11.1. The van der Waals surface area contributed by atoms with Gasteiger partial charge in [0.15, 0.2) is 12.6 Å². The number of ether oxygens (including phenoxy) is 9. The Balaban J connectivity index is 1.10. The van der Waals surface area contributed by atoms with E-state index in [2.05, 4.69) is 0 Å². The second-order valence-corrected chi connectivity index (χ2v) is 15.7. The quantitative estimate of drug-likeness (QED) is 0.0747. The lowest BCUT2D eigenvalue weighted by Crippen LogP contribution is -2.63. The first-order chi connectivity index (χ1) is 30.7. The van der Waals surface area contributed by atoms with E-state index in [1.807, 2.05) is 189 Å². The van der Waals surface area contributed by atoms with Gasteiger partial charge in [-0.15, -0.1) is 0 Å². The summed E-state index contributed by atoms with van der Waals surface area (Å²) in [5, 5.41) is 0. The fraction of sp³-hybridized carbons (Fsp3) is 0.321. The molecule has 0 unspecified atom stereocenters. The zero-order chi connectivity index (χ0) is 42.2. The molecule has 0 aliphatic carbocycles. The first-order valence-corrected chi connectivity index (χ1v) is 21.5. The summed E-state index contributed by atoms with van der Waals surface area (Å²) in [5.41, 5.74) is 6.14. The fourth-order valence-electron chi connectivity index (χ4n) is 7.80. The van der Waals surface area contributed by atoms with Crippen LogP contribution in [0.2, 0.25) is 0 Å². The van der Waals surface area contributed by atoms with Crippen molar-refractivity contribution < 1.29 is 42.6 Å². The van der Waals surface area contributed by atoms with E-state index in [1.165, 1.54) is 0 Å². The van der Waals surface area contributed by atoms with E-state index in [9.17, 15) is 0 Å². The topological polar surface area (TPSA) is 83.1 Å². The lowest BCUT2D eigenvalue weighted by molar-refractivity contribution is -0.380. The maximum absolute atomic E-state index is 7.03. The number of benzene rings is 6. The van der Waals surface area contributed by atoms with Gasteiger partial charge in [-0.3, -0.25) is 0 Å². The summed E-state index contributed by atoms with van der Waals surface area (Å²) >= 11 is 0. The Kier molecular flexibility index (Phi) is 16.1. The predicted molar refractivity (Wildman–Crippen MR) is 235 cm³/mol. The van der Waals surface area contributed by atoms with Gasteiger partial charge in [0, 0.05) is 0 Å². The summed E-state index contributed by atoms with van der Waals surface area (Å²) in [7, 11) is 0. The van der Waals surface area contributed by atoms with E-state index < -0.39 is 55.3 Å². The van der Waals surface area contributed by atoms with Crippen LogP contribution in [0.4, 0.5) is 0 Å². The molecule has 2 saturated heterocycles. The van der Waals surface area contributed by atoms with Crippen LogP contribution >= 0.6 is 0 Å². The minimum Gasteiger partial charge on any atom is -0.368 e. The molecule has 2 aliphatic heterocycles. The molecule has 0 bridgehead atoms. The number of hydrogen-bond acceptors (Lipinski definition) is 9. The molecule has 322 valence electrons. The molecule has 8 rings (SSSR count). The van der Waals surface area contributed by atoms with Gasteiger partial charge in [-0.2, -0.15) is 0 Å². The molecule has 6 aromatic carbocycles. The number of hydrogen-bond donors (Lipinski definition) is 0. The van der Waals surface area contributed by atoms with Crippen molar-refractivity contribution in [2.45, 2.75) is 102 Å². The largest absolute Gasteiger partial charge is 0.368 e. The minimum atomic E-state index is -0.949. The summed E-state index contributed by atoms with van der Waals surface area (Å²) in [6.07, 6.45) is -6.00. The van der Waals surface area contributed by atoms with Crippen LogP contribution in [0.1, 0.15) is 40.3 Å². The van der Waals surface area contributed by atoms with Gasteiger partial charge in [0.1, 0.15) is 36.6 Å². The molecule has 6 aromatic rings. The Morgan fingerprint density at radius 1 is 0.355 bits per heavy atom. The standard InChI is InChI=1S/C53H56O9/c1-39-47(55-33-41-22-10-3-11-23-41)49(57-35-43-26-14-5-15-27-43)51(59-37-45-30-18-7-19-31-45)53(61-39)62-52-50(58-36-44-28-16-6-17-29-44)48(56-34-42-24-12-4-13-25-42)46(38-60-52)54-32-40-20-8-2-9-21-40/h2-31,39,46-53H,32-38H2,1H3/t39-,46+,47-,48-,49+,50+,51+,52-,53-/m0/s1. The first kappa shape index (κ1) is 43.6. The summed E-state index contributed by atoms with van der Waals surface area (Å²) in [4.78, 5) is 0. The third kappa shape index (κ3) is 12.3. The summed E-state index contributed by atoms with van der Waals surface area (Å²) in [6, 6.07) is 60.5. The van der Waals surface area contributed by atoms with Crippen LogP contribution in [-0.4, -0.2) is 61.9 Å². The summed E-state index contributed by atoms with van der Waals surface area (Å²) < 4.78 is 61.2. The van der Waals surface area contributed by atoms with Crippen LogP contribution in [-0.2, 0) is 82.3 Å². The Morgan fingerprint density at radius 2 is 0.661 bits per heavy atom. The van der Waals surface area contributed by atoms with Gasteiger partial charge in [-0.25, -0.2) is 0 Å². The molecule has 0 N–H and O–H groups in total. The van der Waals surface area contributed by atoms with Crippen LogP contribution < -0.4 is 0 Å². The Labute approximate surface area is 365 Å². The average Bonchev–Trinajstić information content (AvgIpc) is 3.33. The molecule has 0 saturated carbocycles. The lowest BCUT2D eigenvalue weighted by atomic mass is 9.98. The molecule has 9 nitrogen and oxygen atoms in total. The van der Waals surface area contributed by atoms with Crippen LogP contribution in [0.5, 0.6) is 0 Å². The maximum atomic E-state index is 7.03. The van der Waals surface area contributed by atoms with Gasteiger partial charge in [0.2, 0.25) is 0 Å². The Morgan fingerprint density at radius 3 is 1.05 bits per heavy atom. The second-order valence-electron chi connectivity index (χ2n) is 15.7. The molecule has 2 heterocycles. The van der Waals surface area contributed by atoms with E-state index in [-0.39, 0.29) is 13.2 Å². The van der Waals surface area contributed by atoms with Gasteiger partial charge >= 0.3 is 0 Å².